The lowest BCUT2D eigenvalue weighted by Crippen LogP contribution is -2.14. The topological polar surface area (TPSA) is 9.23 Å². The summed E-state index contributed by atoms with van der Waals surface area (Å²) in [6.07, 6.45) is 1.13. The number of thioether (sulfide) groups is 1. The van der Waals surface area contributed by atoms with E-state index in [0.29, 0.717) is 4.83 Å². The Balaban J connectivity index is 1.75. The Morgan fingerprint density at radius 1 is 1.38 bits per heavy atom. The minimum atomic E-state index is 0.670. The first-order chi connectivity index (χ1) is 7.75. The minimum absolute atomic E-state index is 0.670. The normalized spacial score (nSPS) is 24.6. The van der Waals surface area contributed by atoms with Gasteiger partial charge in [0.25, 0.3) is 0 Å². The SMILES string of the molecule is Brc1cccc(OCCC2CSCC2Br)c1. The van der Waals surface area contributed by atoms with Crippen molar-refractivity contribution in [3.63, 3.8) is 0 Å². The molecule has 1 saturated heterocycles. The fraction of sp³-hybridized carbons (Fsp3) is 0.500. The second-order valence-electron chi connectivity index (χ2n) is 3.91. The van der Waals surface area contributed by atoms with Gasteiger partial charge in [0, 0.05) is 15.1 Å². The van der Waals surface area contributed by atoms with Crippen LogP contribution in [0.25, 0.3) is 0 Å². The van der Waals surface area contributed by atoms with Crippen molar-refractivity contribution in [3.8, 4) is 5.75 Å². The maximum atomic E-state index is 5.74. The van der Waals surface area contributed by atoms with Crippen LogP contribution in [0.4, 0.5) is 0 Å². The molecule has 1 aromatic carbocycles. The zero-order valence-electron chi connectivity index (χ0n) is 8.86. The van der Waals surface area contributed by atoms with Gasteiger partial charge in [-0.1, -0.05) is 37.9 Å². The Hall–Kier alpha value is 0.330. The molecule has 1 fully saturated rings. The predicted octanol–water partition coefficient (Wildman–Crippen LogP) is 4.34. The molecule has 0 spiro atoms. The molecule has 1 aliphatic rings. The fourth-order valence-corrected chi connectivity index (χ4v) is 4.69. The van der Waals surface area contributed by atoms with Crippen molar-refractivity contribution < 1.29 is 4.74 Å². The van der Waals surface area contributed by atoms with E-state index in [4.69, 9.17) is 4.74 Å². The van der Waals surface area contributed by atoms with Crippen LogP contribution >= 0.6 is 43.6 Å². The molecule has 2 atom stereocenters. The molecule has 88 valence electrons. The number of halogens is 2. The van der Waals surface area contributed by atoms with Crippen molar-refractivity contribution in [2.45, 2.75) is 11.2 Å². The summed E-state index contributed by atoms with van der Waals surface area (Å²) in [4.78, 5) is 0.670. The van der Waals surface area contributed by atoms with Crippen LogP contribution in [0, 0.1) is 5.92 Å². The van der Waals surface area contributed by atoms with Gasteiger partial charge in [0.2, 0.25) is 0 Å². The van der Waals surface area contributed by atoms with Crippen LogP contribution in [0.5, 0.6) is 5.75 Å². The Labute approximate surface area is 118 Å². The van der Waals surface area contributed by atoms with Crippen molar-refractivity contribution in [1.82, 2.24) is 0 Å². The van der Waals surface area contributed by atoms with E-state index in [1.165, 1.54) is 11.5 Å². The highest BCUT2D eigenvalue weighted by atomic mass is 79.9. The van der Waals surface area contributed by atoms with E-state index in [1.54, 1.807) is 0 Å². The lowest BCUT2D eigenvalue weighted by Gasteiger charge is -2.13. The Bertz CT molecular complexity index is 346. The molecule has 1 nitrogen and oxygen atoms in total. The van der Waals surface area contributed by atoms with Crippen LogP contribution in [0.2, 0.25) is 0 Å². The number of benzene rings is 1. The Morgan fingerprint density at radius 3 is 2.94 bits per heavy atom. The summed E-state index contributed by atoms with van der Waals surface area (Å²) in [6, 6.07) is 8.02. The third kappa shape index (κ3) is 3.67. The van der Waals surface area contributed by atoms with Gasteiger partial charge >= 0.3 is 0 Å². The van der Waals surface area contributed by atoms with E-state index in [-0.39, 0.29) is 0 Å². The summed E-state index contributed by atoms with van der Waals surface area (Å²) >= 11 is 9.19. The first kappa shape index (κ1) is 12.8. The molecule has 2 unspecified atom stereocenters. The molecule has 2 rings (SSSR count). The van der Waals surface area contributed by atoms with Gasteiger partial charge in [-0.25, -0.2) is 0 Å². The minimum Gasteiger partial charge on any atom is -0.494 e. The van der Waals surface area contributed by atoms with Crippen LogP contribution in [-0.2, 0) is 0 Å². The van der Waals surface area contributed by atoms with Crippen molar-refractivity contribution in [1.29, 1.82) is 0 Å². The molecule has 1 aromatic rings. The summed E-state index contributed by atoms with van der Waals surface area (Å²) in [5.74, 6) is 4.21. The van der Waals surface area contributed by atoms with Gasteiger partial charge in [0.15, 0.2) is 0 Å². The van der Waals surface area contributed by atoms with Gasteiger partial charge < -0.3 is 4.74 Å². The summed E-state index contributed by atoms with van der Waals surface area (Å²) < 4.78 is 6.81. The average molecular weight is 366 g/mol. The second kappa shape index (κ2) is 6.31. The van der Waals surface area contributed by atoms with E-state index >= 15 is 0 Å². The number of alkyl halides is 1. The van der Waals surface area contributed by atoms with E-state index in [9.17, 15) is 0 Å². The number of ether oxygens (including phenoxy) is 1. The van der Waals surface area contributed by atoms with Crippen molar-refractivity contribution >= 4 is 43.6 Å². The third-order valence-corrected chi connectivity index (χ3v) is 5.93. The van der Waals surface area contributed by atoms with E-state index in [1.807, 2.05) is 36.0 Å². The van der Waals surface area contributed by atoms with Crippen molar-refractivity contribution in [2.24, 2.45) is 5.92 Å². The molecular weight excluding hydrogens is 352 g/mol. The molecule has 1 heterocycles. The van der Waals surface area contributed by atoms with Crippen LogP contribution in [0.15, 0.2) is 28.7 Å². The van der Waals surface area contributed by atoms with Gasteiger partial charge in [0.1, 0.15) is 5.75 Å². The van der Waals surface area contributed by atoms with Gasteiger partial charge in [-0.2, -0.15) is 11.8 Å². The predicted molar refractivity (Wildman–Crippen MR) is 77.8 cm³/mol. The maximum absolute atomic E-state index is 5.74. The average Bonchev–Trinajstić information content (AvgIpc) is 2.65. The van der Waals surface area contributed by atoms with E-state index < -0.39 is 0 Å². The molecule has 0 saturated carbocycles. The molecular formula is C12H14Br2OS. The lowest BCUT2D eigenvalue weighted by molar-refractivity contribution is 0.287. The zero-order valence-corrected chi connectivity index (χ0v) is 12.9. The maximum Gasteiger partial charge on any atom is 0.120 e. The van der Waals surface area contributed by atoms with Gasteiger partial charge in [0.05, 0.1) is 6.61 Å². The molecule has 0 aromatic heterocycles. The molecule has 0 aliphatic carbocycles. The molecule has 0 bridgehead atoms. The summed E-state index contributed by atoms with van der Waals surface area (Å²) in [7, 11) is 0. The standard InChI is InChI=1S/C12H14Br2OS/c13-10-2-1-3-11(6-10)15-5-4-9-7-16-8-12(9)14/h1-3,6,9,12H,4-5,7-8H2. The van der Waals surface area contributed by atoms with E-state index in [2.05, 4.69) is 31.9 Å². The highest BCUT2D eigenvalue weighted by Gasteiger charge is 2.24. The fourth-order valence-electron chi connectivity index (χ4n) is 1.72. The van der Waals surface area contributed by atoms with Gasteiger partial charge in [-0.3, -0.25) is 0 Å². The molecule has 0 N–H and O–H groups in total. The zero-order chi connectivity index (χ0) is 11.4. The Morgan fingerprint density at radius 2 is 2.25 bits per heavy atom. The summed E-state index contributed by atoms with van der Waals surface area (Å²) in [5.41, 5.74) is 0. The van der Waals surface area contributed by atoms with Gasteiger partial charge in [-0.05, 0) is 36.3 Å². The van der Waals surface area contributed by atoms with Crippen molar-refractivity contribution in [2.75, 3.05) is 18.1 Å². The first-order valence-electron chi connectivity index (χ1n) is 5.36. The molecule has 4 heteroatoms. The molecule has 0 amide bonds. The second-order valence-corrected chi connectivity index (χ2v) is 7.07. The van der Waals surface area contributed by atoms with Crippen LogP contribution in [-0.4, -0.2) is 22.9 Å². The third-order valence-electron chi connectivity index (χ3n) is 2.67. The number of hydrogen-bond donors (Lipinski definition) is 0. The summed E-state index contributed by atoms with van der Waals surface area (Å²) in [6.45, 7) is 0.809. The van der Waals surface area contributed by atoms with E-state index in [0.717, 1.165) is 29.2 Å². The van der Waals surface area contributed by atoms with Crippen molar-refractivity contribution in [3.05, 3.63) is 28.7 Å². The first-order valence-corrected chi connectivity index (χ1v) is 8.22. The Kier molecular flexibility index (Phi) is 5.04. The molecule has 16 heavy (non-hydrogen) atoms. The highest BCUT2D eigenvalue weighted by Crippen LogP contribution is 2.32. The highest BCUT2D eigenvalue weighted by molar-refractivity contribution is 9.10. The van der Waals surface area contributed by atoms with Gasteiger partial charge in [-0.15, -0.1) is 0 Å². The quantitative estimate of drug-likeness (QED) is 0.734. The number of hydrogen-bond acceptors (Lipinski definition) is 2. The van der Waals surface area contributed by atoms with Crippen LogP contribution in [0.1, 0.15) is 6.42 Å². The number of rotatable bonds is 4. The lowest BCUT2D eigenvalue weighted by atomic mass is 10.1. The summed E-state index contributed by atoms with van der Waals surface area (Å²) in [5, 5.41) is 0. The van der Waals surface area contributed by atoms with Crippen LogP contribution < -0.4 is 4.74 Å². The monoisotopic (exact) mass is 364 g/mol. The molecule has 0 radical (unpaired) electrons. The smallest absolute Gasteiger partial charge is 0.120 e. The van der Waals surface area contributed by atoms with Crippen LogP contribution in [0.3, 0.4) is 0 Å². The molecule has 1 aliphatic heterocycles. The largest absolute Gasteiger partial charge is 0.494 e.